The second kappa shape index (κ2) is 9.84. The van der Waals surface area contributed by atoms with Crippen LogP contribution in [0.5, 0.6) is 0 Å². The second-order valence-electron chi connectivity index (χ2n) is 7.53. The van der Waals surface area contributed by atoms with Crippen LogP contribution in [0, 0.1) is 6.92 Å². The first-order chi connectivity index (χ1) is 15.8. The van der Waals surface area contributed by atoms with Gasteiger partial charge in [0.25, 0.3) is 5.91 Å². The fourth-order valence-electron chi connectivity index (χ4n) is 3.59. The molecule has 0 aliphatic rings. The molecule has 4 nitrogen and oxygen atoms in total. The predicted molar refractivity (Wildman–Crippen MR) is 138 cm³/mol. The van der Waals surface area contributed by atoms with Gasteiger partial charge in [0.05, 0.1) is 16.4 Å². The fraction of sp³-hybridized carbons (Fsp3) is 0.0769. The molecule has 0 fully saturated rings. The van der Waals surface area contributed by atoms with Gasteiger partial charge in [0.2, 0.25) is 0 Å². The average Bonchev–Trinajstić information content (AvgIpc) is 3.13. The van der Waals surface area contributed by atoms with E-state index < -0.39 is 0 Å². The van der Waals surface area contributed by atoms with Crippen molar-refractivity contribution in [3.05, 3.63) is 110 Å². The van der Waals surface area contributed by atoms with Crippen LogP contribution < -0.4 is 5.32 Å². The number of nitrogens with zero attached hydrogens (tertiary/aromatic N) is 2. The van der Waals surface area contributed by atoms with E-state index >= 15 is 0 Å². The van der Waals surface area contributed by atoms with Crippen molar-refractivity contribution in [2.24, 2.45) is 0 Å². The van der Waals surface area contributed by atoms with Crippen molar-refractivity contribution in [1.29, 1.82) is 0 Å². The highest BCUT2D eigenvalue weighted by molar-refractivity contribution is 6.35. The van der Waals surface area contributed by atoms with Crippen LogP contribution in [0.1, 0.15) is 34.2 Å². The summed E-state index contributed by atoms with van der Waals surface area (Å²) in [5.41, 5.74) is 5.01. The van der Waals surface area contributed by atoms with Crippen molar-refractivity contribution in [3.8, 4) is 5.69 Å². The van der Waals surface area contributed by atoms with E-state index in [1.54, 1.807) is 22.9 Å². The highest BCUT2D eigenvalue weighted by Crippen LogP contribution is 2.31. The Morgan fingerprint density at radius 3 is 2.27 bits per heavy atom. The maximum absolute atomic E-state index is 13.1. The number of benzene rings is 3. The summed E-state index contributed by atoms with van der Waals surface area (Å²) in [6, 6.07) is 22.0. The maximum Gasteiger partial charge on any atom is 0.276 e. The van der Waals surface area contributed by atoms with E-state index in [0.717, 1.165) is 22.4 Å². The van der Waals surface area contributed by atoms with Crippen LogP contribution in [0.25, 0.3) is 17.3 Å². The third kappa shape index (κ3) is 5.14. The summed E-state index contributed by atoms with van der Waals surface area (Å²) in [6.45, 7) is 3.85. The Morgan fingerprint density at radius 2 is 1.61 bits per heavy atom. The number of para-hydroxylation sites is 1. The number of halogens is 3. The van der Waals surface area contributed by atoms with Crippen LogP contribution >= 0.6 is 34.8 Å². The molecule has 0 aliphatic carbocycles. The van der Waals surface area contributed by atoms with Crippen LogP contribution in [0.4, 0.5) is 5.69 Å². The summed E-state index contributed by atoms with van der Waals surface area (Å²) in [4.78, 5) is 13.1. The Kier molecular flexibility index (Phi) is 6.89. The molecule has 0 radical (unpaired) electrons. The summed E-state index contributed by atoms with van der Waals surface area (Å²) < 4.78 is 1.69. The molecule has 1 N–H and O–H groups in total. The summed E-state index contributed by atoms with van der Waals surface area (Å²) in [5, 5.41) is 9.18. The predicted octanol–water partition coefficient (Wildman–Crippen LogP) is 7.95. The van der Waals surface area contributed by atoms with Crippen LogP contribution in [0.2, 0.25) is 15.1 Å². The number of aromatic nitrogens is 2. The van der Waals surface area contributed by atoms with Crippen molar-refractivity contribution in [2.45, 2.75) is 13.8 Å². The second-order valence-corrected chi connectivity index (χ2v) is 8.81. The fourth-order valence-corrected chi connectivity index (χ4v) is 4.21. The maximum atomic E-state index is 13.1. The molecule has 0 aliphatic heterocycles. The Balaban J connectivity index is 1.84. The van der Waals surface area contributed by atoms with Gasteiger partial charge >= 0.3 is 0 Å². The molecular formula is C26H20Cl3N3O. The first kappa shape index (κ1) is 23.1. The minimum absolute atomic E-state index is 0.303. The van der Waals surface area contributed by atoms with Gasteiger partial charge in [-0.25, -0.2) is 4.68 Å². The lowest BCUT2D eigenvalue weighted by atomic mass is 10.0. The lowest BCUT2D eigenvalue weighted by molar-refractivity contribution is 0.102. The van der Waals surface area contributed by atoms with E-state index in [9.17, 15) is 4.79 Å². The third-order valence-electron chi connectivity index (χ3n) is 5.13. The normalized spacial score (nSPS) is 11.5. The van der Waals surface area contributed by atoms with Crippen LogP contribution in [0.3, 0.4) is 0 Å². The quantitative estimate of drug-likeness (QED) is 0.305. The average molecular weight is 497 g/mol. The molecule has 0 saturated heterocycles. The van der Waals surface area contributed by atoms with Gasteiger partial charge in [-0.2, -0.15) is 5.10 Å². The van der Waals surface area contributed by atoms with Gasteiger partial charge in [0.15, 0.2) is 5.69 Å². The van der Waals surface area contributed by atoms with Crippen molar-refractivity contribution >= 4 is 58.0 Å². The number of allylic oxidation sites excluding steroid dienone is 1. The SMILES string of the molecule is CC(=Cc1ccc(Cl)cc1)c1c(C)c(C(=O)Nc2ccccc2)nn1-c1ccc(Cl)cc1Cl. The molecule has 3 aromatic carbocycles. The smallest absolute Gasteiger partial charge is 0.276 e. The molecule has 0 unspecified atom stereocenters. The number of carbonyl (C=O) groups excluding carboxylic acids is 1. The Bertz CT molecular complexity index is 1340. The molecule has 166 valence electrons. The number of hydrogen-bond acceptors (Lipinski definition) is 2. The van der Waals surface area contributed by atoms with E-state index in [4.69, 9.17) is 34.8 Å². The summed E-state index contributed by atoms with van der Waals surface area (Å²) in [7, 11) is 0. The van der Waals surface area contributed by atoms with Gasteiger partial charge in [-0.15, -0.1) is 0 Å². The molecule has 0 atom stereocenters. The molecule has 0 saturated carbocycles. The molecule has 0 bridgehead atoms. The first-order valence-electron chi connectivity index (χ1n) is 10.2. The van der Waals surface area contributed by atoms with Gasteiger partial charge in [0, 0.05) is 21.3 Å². The number of rotatable bonds is 5. The lowest BCUT2D eigenvalue weighted by Crippen LogP contribution is -2.14. The highest BCUT2D eigenvalue weighted by Gasteiger charge is 2.23. The number of carbonyl (C=O) groups is 1. The molecule has 4 rings (SSSR count). The zero-order chi connectivity index (χ0) is 23.5. The number of hydrogen-bond donors (Lipinski definition) is 1. The minimum Gasteiger partial charge on any atom is -0.321 e. The van der Waals surface area contributed by atoms with Crippen LogP contribution in [-0.2, 0) is 0 Å². The van der Waals surface area contributed by atoms with Gasteiger partial charge in [-0.05, 0) is 73.5 Å². The van der Waals surface area contributed by atoms with E-state index in [-0.39, 0.29) is 5.91 Å². The molecule has 1 amide bonds. The van der Waals surface area contributed by atoms with E-state index in [1.165, 1.54) is 0 Å². The molecular weight excluding hydrogens is 477 g/mol. The molecule has 1 heterocycles. The van der Waals surface area contributed by atoms with Crippen molar-refractivity contribution in [3.63, 3.8) is 0 Å². The van der Waals surface area contributed by atoms with Gasteiger partial charge in [0.1, 0.15) is 0 Å². The summed E-state index contributed by atoms with van der Waals surface area (Å²) >= 11 is 18.6. The Labute approximate surface area is 207 Å². The zero-order valence-electron chi connectivity index (χ0n) is 17.9. The molecule has 4 aromatic rings. The Hall–Kier alpha value is -3.05. The Morgan fingerprint density at radius 1 is 0.939 bits per heavy atom. The van der Waals surface area contributed by atoms with Crippen molar-refractivity contribution in [2.75, 3.05) is 5.32 Å². The van der Waals surface area contributed by atoms with Gasteiger partial charge < -0.3 is 5.32 Å². The monoisotopic (exact) mass is 495 g/mol. The van der Waals surface area contributed by atoms with Crippen LogP contribution in [0.15, 0.2) is 72.8 Å². The summed E-state index contributed by atoms with van der Waals surface area (Å²) in [5.74, 6) is -0.303. The van der Waals surface area contributed by atoms with Crippen molar-refractivity contribution in [1.82, 2.24) is 9.78 Å². The lowest BCUT2D eigenvalue weighted by Gasteiger charge is -2.11. The van der Waals surface area contributed by atoms with E-state index in [2.05, 4.69) is 10.4 Å². The molecule has 33 heavy (non-hydrogen) atoms. The van der Waals surface area contributed by atoms with Crippen molar-refractivity contribution < 1.29 is 4.79 Å². The van der Waals surface area contributed by atoms with Gasteiger partial charge in [-0.1, -0.05) is 65.1 Å². The largest absolute Gasteiger partial charge is 0.321 e. The number of amides is 1. The minimum atomic E-state index is -0.303. The van der Waals surface area contributed by atoms with E-state index in [1.807, 2.05) is 74.5 Å². The highest BCUT2D eigenvalue weighted by atomic mass is 35.5. The third-order valence-corrected chi connectivity index (χ3v) is 5.92. The topological polar surface area (TPSA) is 46.9 Å². The standard InChI is InChI=1S/C26H20Cl3N3O/c1-16(14-18-8-10-19(27)11-9-18)25-17(2)24(26(33)30-21-6-4-3-5-7-21)31-32(25)23-13-12-20(28)15-22(23)29/h3-15H,1-2H3,(H,30,33). The molecule has 1 aromatic heterocycles. The van der Waals surface area contributed by atoms with Crippen LogP contribution in [-0.4, -0.2) is 15.7 Å². The number of anilines is 1. The number of nitrogens with one attached hydrogen (secondary N) is 1. The molecule has 7 heteroatoms. The molecule has 0 spiro atoms. The van der Waals surface area contributed by atoms with E-state index in [0.29, 0.717) is 32.1 Å². The zero-order valence-corrected chi connectivity index (χ0v) is 20.2. The van der Waals surface area contributed by atoms with Gasteiger partial charge in [-0.3, -0.25) is 4.79 Å². The first-order valence-corrected chi connectivity index (χ1v) is 11.3. The summed E-state index contributed by atoms with van der Waals surface area (Å²) in [6.07, 6.45) is 2.01.